The molecule has 0 heterocycles. The zero-order valence-corrected chi connectivity index (χ0v) is 11.1. The Bertz CT molecular complexity index is 187. The predicted octanol–water partition coefficient (Wildman–Crippen LogP) is 2.35. The minimum atomic E-state index is -4.19. The quantitative estimate of drug-likeness (QED) is 0.725. The summed E-state index contributed by atoms with van der Waals surface area (Å²) in [6.45, 7) is 10.4. The van der Waals surface area contributed by atoms with E-state index in [9.17, 15) is 13.2 Å². The SMILES string of the molecule is CC(C)(C)N[Si](NC(C)(C)C)C(F)(F)F. The van der Waals surface area contributed by atoms with Crippen LogP contribution in [0.2, 0.25) is 0 Å². The van der Waals surface area contributed by atoms with Gasteiger partial charge in [0.15, 0.2) is 0 Å². The van der Waals surface area contributed by atoms with Gasteiger partial charge in [0.05, 0.1) is 0 Å². The molecule has 2 nitrogen and oxygen atoms in total. The molecule has 0 amide bonds. The molecule has 0 rings (SSSR count). The summed E-state index contributed by atoms with van der Waals surface area (Å²) >= 11 is 0. The normalized spacial score (nSPS) is 14.8. The summed E-state index contributed by atoms with van der Waals surface area (Å²) in [7, 11) is -2.77. The van der Waals surface area contributed by atoms with E-state index in [4.69, 9.17) is 0 Å². The predicted molar refractivity (Wildman–Crippen MR) is 57.6 cm³/mol. The Kier molecular flexibility index (Phi) is 4.41. The van der Waals surface area contributed by atoms with E-state index < -0.39 is 26.0 Å². The maximum Gasteiger partial charge on any atom is 0.392 e. The highest BCUT2D eigenvalue weighted by atomic mass is 28.3. The molecule has 0 aromatic carbocycles. The molecule has 0 aliphatic carbocycles. The number of hydrogen-bond donors (Lipinski definition) is 2. The zero-order chi connectivity index (χ0) is 12.5. The first-order valence-electron chi connectivity index (χ1n) is 4.82. The van der Waals surface area contributed by atoms with Crippen LogP contribution in [0, 0.1) is 0 Å². The van der Waals surface area contributed by atoms with Crippen molar-refractivity contribution < 1.29 is 13.2 Å². The van der Waals surface area contributed by atoms with E-state index >= 15 is 0 Å². The van der Waals surface area contributed by atoms with Crippen molar-refractivity contribution in [3.63, 3.8) is 0 Å². The Balaban J connectivity index is 4.62. The van der Waals surface area contributed by atoms with Crippen LogP contribution in [0.15, 0.2) is 0 Å². The van der Waals surface area contributed by atoms with Crippen molar-refractivity contribution in [1.82, 2.24) is 9.96 Å². The molecule has 1 radical (unpaired) electrons. The van der Waals surface area contributed by atoms with Crippen molar-refractivity contribution >= 4 is 9.12 Å². The van der Waals surface area contributed by atoms with E-state index in [1.54, 1.807) is 41.5 Å². The molecule has 0 aliphatic heterocycles. The third-order valence-electron chi connectivity index (χ3n) is 1.28. The lowest BCUT2D eigenvalue weighted by Gasteiger charge is -2.33. The molecule has 6 heteroatoms. The van der Waals surface area contributed by atoms with Gasteiger partial charge in [0, 0.05) is 11.1 Å². The third kappa shape index (κ3) is 7.81. The molecule has 15 heavy (non-hydrogen) atoms. The van der Waals surface area contributed by atoms with Crippen molar-refractivity contribution in [2.45, 2.75) is 58.4 Å². The van der Waals surface area contributed by atoms with E-state index in [1.807, 2.05) is 0 Å². The first-order chi connectivity index (χ1) is 6.31. The molecular formula is C9H20F3N2Si. The van der Waals surface area contributed by atoms with Gasteiger partial charge in [-0.15, -0.1) is 0 Å². The van der Waals surface area contributed by atoms with Crippen molar-refractivity contribution in [2.75, 3.05) is 0 Å². The average molecular weight is 241 g/mol. The number of hydrogen-bond acceptors (Lipinski definition) is 2. The summed E-state index contributed by atoms with van der Waals surface area (Å²) in [5.74, 6) is -4.19. The molecule has 0 unspecified atom stereocenters. The number of rotatable bonds is 2. The van der Waals surface area contributed by atoms with E-state index in [1.165, 1.54) is 0 Å². The Morgan fingerprint density at radius 1 is 0.733 bits per heavy atom. The molecule has 2 N–H and O–H groups in total. The van der Waals surface area contributed by atoms with Crippen LogP contribution in [0.1, 0.15) is 41.5 Å². The maximum absolute atomic E-state index is 12.7. The van der Waals surface area contributed by atoms with Crippen LogP contribution >= 0.6 is 0 Å². The van der Waals surface area contributed by atoms with Gasteiger partial charge in [-0.05, 0) is 41.5 Å². The lowest BCUT2D eigenvalue weighted by atomic mass is 10.1. The van der Waals surface area contributed by atoms with Gasteiger partial charge in [0.2, 0.25) is 0 Å². The molecule has 0 atom stereocenters. The van der Waals surface area contributed by atoms with Crippen LogP contribution in [0.25, 0.3) is 0 Å². The summed E-state index contributed by atoms with van der Waals surface area (Å²) in [6.07, 6.45) is 0. The Hall–Kier alpha value is -0.0731. The molecule has 0 bridgehead atoms. The second-order valence-corrected chi connectivity index (χ2v) is 7.44. The lowest BCUT2D eigenvalue weighted by Crippen LogP contribution is -2.66. The summed E-state index contributed by atoms with van der Waals surface area (Å²) < 4.78 is 38.1. The summed E-state index contributed by atoms with van der Waals surface area (Å²) in [4.78, 5) is 5.24. The second-order valence-electron chi connectivity index (χ2n) is 5.62. The molecule has 0 aromatic heterocycles. The van der Waals surface area contributed by atoms with Gasteiger partial charge < -0.3 is 9.96 Å². The second kappa shape index (κ2) is 4.43. The van der Waals surface area contributed by atoms with Crippen LogP contribution < -0.4 is 9.96 Å². The minimum absolute atomic E-state index is 0.540. The monoisotopic (exact) mass is 241 g/mol. The molecule has 0 saturated carbocycles. The highest BCUT2D eigenvalue weighted by molar-refractivity contribution is 6.55. The van der Waals surface area contributed by atoms with Crippen LogP contribution in [0.3, 0.4) is 0 Å². The average Bonchev–Trinajstić information content (AvgIpc) is 1.75. The Morgan fingerprint density at radius 3 is 1.13 bits per heavy atom. The van der Waals surface area contributed by atoms with Gasteiger partial charge in [-0.2, -0.15) is 13.2 Å². The maximum atomic E-state index is 12.7. The first-order valence-corrected chi connectivity index (χ1v) is 6.32. The molecule has 0 aromatic rings. The highest BCUT2D eigenvalue weighted by Gasteiger charge is 2.46. The fraction of sp³-hybridized carbons (Fsp3) is 1.00. The summed E-state index contributed by atoms with van der Waals surface area (Å²) in [5.41, 5.74) is -1.08. The first kappa shape index (κ1) is 14.9. The smallest absolute Gasteiger partial charge is 0.314 e. The molecule has 0 spiro atoms. The summed E-state index contributed by atoms with van der Waals surface area (Å²) in [6, 6.07) is 0. The highest BCUT2D eigenvalue weighted by Crippen LogP contribution is 2.19. The third-order valence-corrected chi connectivity index (χ3v) is 3.85. The number of alkyl halides is 3. The largest absolute Gasteiger partial charge is 0.392 e. The standard InChI is InChI=1S/C9H20F3N2Si/c1-7(2,3)13-15(9(10,11)12)14-8(4,5)6/h13-14H,1-6H3. The topological polar surface area (TPSA) is 24.1 Å². The zero-order valence-electron chi connectivity index (χ0n) is 10.1. The van der Waals surface area contributed by atoms with Crippen LogP contribution in [0.4, 0.5) is 13.2 Å². The van der Waals surface area contributed by atoms with Gasteiger partial charge in [-0.3, -0.25) is 0 Å². The molecule has 0 saturated heterocycles. The van der Waals surface area contributed by atoms with Crippen molar-refractivity contribution in [1.29, 1.82) is 0 Å². The molecule has 0 aliphatic rings. The molecular weight excluding hydrogens is 221 g/mol. The van der Waals surface area contributed by atoms with Crippen LogP contribution in [0.5, 0.6) is 0 Å². The van der Waals surface area contributed by atoms with E-state index in [2.05, 4.69) is 9.96 Å². The molecule has 0 fully saturated rings. The Morgan fingerprint density at radius 2 is 1.00 bits per heavy atom. The fourth-order valence-electron chi connectivity index (χ4n) is 0.923. The van der Waals surface area contributed by atoms with E-state index in [0.29, 0.717) is 0 Å². The number of nitrogens with one attached hydrogen (secondary N) is 2. The van der Waals surface area contributed by atoms with Gasteiger partial charge in [0.25, 0.3) is 0 Å². The van der Waals surface area contributed by atoms with Gasteiger partial charge in [-0.1, -0.05) is 0 Å². The van der Waals surface area contributed by atoms with Gasteiger partial charge in [0.1, 0.15) is 0 Å². The minimum Gasteiger partial charge on any atom is -0.314 e. The van der Waals surface area contributed by atoms with Crippen molar-refractivity contribution in [2.24, 2.45) is 0 Å². The van der Waals surface area contributed by atoms with Gasteiger partial charge >= 0.3 is 14.9 Å². The van der Waals surface area contributed by atoms with Crippen molar-refractivity contribution in [3.05, 3.63) is 0 Å². The molecule has 91 valence electrons. The summed E-state index contributed by atoms with van der Waals surface area (Å²) in [5, 5.41) is 0. The van der Waals surface area contributed by atoms with Crippen molar-refractivity contribution in [3.8, 4) is 0 Å². The Labute approximate surface area is 91.4 Å². The number of halogens is 3. The lowest BCUT2D eigenvalue weighted by molar-refractivity contribution is -0.0574. The van der Waals surface area contributed by atoms with E-state index in [0.717, 1.165) is 0 Å². The van der Waals surface area contributed by atoms with E-state index in [-0.39, 0.29) is 0 Å². The fourth-order valence-corrected chi connectivity index (χ4v) is 2.77. The van der Waals surface area contributed by atoms with Gasteiger partial charge in [-0.25, -0.2) is 0 Å². The van der Waals surface area contributed by atoms with Crippen LogP contribution in [-0.4, -0.2) is 26.0 Å². The van der Waals surface area contributed by atoms with Crippen LogP contribution in [-0.2, 0) is 0 Å².